The summed E-state index contributed by atoms with van der Waals surface area (Å²) < 4.78 is 10.6. The van der Waals surface area contributed by atoms with Gasteiger partial charge in [0.05, 0.1) is 12.7 Å². The standard InChI is InChI=1S/C25H27NO4S/c1-18-8-13-23(31-18)14-24(25(28)29-2)20-9-11-22(12-10-20)30-17-21(27)16-26-15-19-6-4-3-5-7-19/h3-14,21,26-27H,15-17H2,1-2H3. The number of thiophene rings is 1. The van der Waals surface area contributed by atoms with E-state index in [1.54, 1.807) is 23.5 Å². The number of carbonyl (C=O) groups is 1. The van der Waals surface area contributed by atoms with Gasteiger partial charge in [-0.1, -0.05) is 42.5 Å². The highest BCUT2D eigenvalue weighted by Gasteiger charge is 2.14. The molecule has 6 heteroatoms. The highest BCUT2D eigenvalue weighted by Crippen LogP contribution is 2.25. The maximum atomic E-state index is 12.3. The number of esters is 1. The minimum absolute atomic E-state index is 0.176. The van der Waals surface area contributed by atoms with E-state index in [0.29, 0.717) is 24.4 Å². The molecule has 1 aromatic heterocycles. The highest BCUT2D eigenvalue weighted by molar-refractivity contribution is 7.12. The van der Waals surface area contributed by atoms with Gasteiger partial charge in [0, 0.05) is 22.8 Å². The van der Waals surface area contributed by atoms with Crippen LogP contribution in [-0.4, -0.2) is 37.4 Å². The Hall–Kier alpha value is -2.93. The van der Waals surface area contributed by atoms with Crippen molar-refractivity contribution in [1.82, 2.24) is 5.32 Å². The molecule has 0 aliphatic heterocycles. The van der Waals surface area contributed by atoms with Crippen molar-refractivity contribution in [2.45, 2.75) is 19.6 Å². The van der Waals surface area contributed by atoms with Crippen LogP contribution in [0.25, 0.3) is 11.6 Å². The van der Waals surface area contributed by atoms with E-state index in [-0.39, 0.29) is 12.6 Å². The maximum absolute atomic E-state index is 12.3. The summed E-state index contributed by atoms with van der Waals surface area (Å²) in [7, 11) is 1.38. The van der Waals surface area contributed by atoms with Crippen molar-refractivity contribution >= 4 is 29.0 Å². The smallest absolute Gasteiger partial charge is 0.338 e. The normalized spacial score (nSPS) is 12.4. The number of aliphatic hydroxyl groups is 1. The Kier molecular flexibility index (Phi) is 8.41. The molecule has 1 atom stereocenters. The van der Waals surface area contributed by atoms with Crippen molar-refractivity contribution in [3.63, 3.8) is 0 Å². The number of rotatable bonds is 10. The minimum Gasteiger partial charge on any atom is -0.491 e. The molecule has 2 N–H and O–H groups in total. The van der Waals surface area contributed by atoms with Gasteiger partial charge in [-0.2, -0.15) is 0 Å². The zero-order valence-electron chi connectivity index (χ0n) is 17.7. The molecule has 31 heavy (non-hydrogen) atoms. The van der Waals surface area contributed by atoms with E-state index in [2.05, 4.69) is 5.32 Å². The molecule has 0 spiro atoms. The van der Waals surface area contributed by atoms with Gasteiger partial charge < -0.3 is 19.9 Å². The Morgan fingerprint density at radius 3 is 2.48 bits per heavy atom. The summed E-state index contributed by atoms with van der Waals surface area (Å²) in [4.78, 5) is 14.4. The third-order valence-corrected chi connectivity index (χ3v) is 5.56. The molecular weight excluding hydrogens is 410 g/mol. The van der Waals surface area contributed by atoms with E-state index in [0.717, 1.165) is 10.4 Å². The Morgan fingerprint density at radius 1 is 1.10 bits per heavy atom. The predicted octanol–water partition coefficient (Wildman–Crippen LogP) is 4.30. The molecule has 1 unspecified atom stereocenters. The Bertz CT molecular complexity index is 996. The second-order valence-corrected chi connectivity index (χ2v) is 8.42. The zero-order valence-corrected chi connectivity index (χ0v) is 18.5. The monoisotopic (exact) mass is 437 g/mol. The van der Waals surface area contributed by atoms with Crippen molar-refractivity contribution in [3.8, 4) is 5.75 Å². The second kappa shape index (κ2) is 11.5. The van der Waals surface area contributed by atoms with Crippen molar-refractivity contribution < 1.29 is 19.4 Å². The molecule has 2 aromatic carbocycles. The quantitative estimate of drug-likeness (QED) is 0.366. The zero-order chi connectivity index (χ0) is 22.1. The first kappa shape index (κ1) is 22.7. The first-order valence-corrected chi connectivity index (χ1v) is 10.9. The van der Waals surface area contributed by atoms with Crippen molar-refractivity contribution in [2.24, 2.45) is 0 Å². The number of methoxy groups -OCH3 is 1. The Morgan fingerprint density at radius 2 is 1.84 bits per heavy atom. The van der Waals surface area contributed by atoms with Crippen LogP contribution in [-0.2, 0) is 16.1 Å². The van der Waals surface area contributed by atoms with E-state index in [4.69, 9.17) is 9.47 Å². The maximum Gasteiger partial charge on any atom is 0.338 e. The number of aryl methyl sites for hydroxylation is 1. The third kappa shape index (κ3) is 7.07. The molecule has 162 valence electrons. The van der Waals surface area contributed by atoms with Crippen LogP contribution < -0.4 is 10.1 Å². The van der Waals surface area contributed by atoms with Gasteiger partial charge in [-0.05, 0) is 48.4 Å². The van der Waals surface area contributed by atoms with Crippen LogP contribution in [0.3, 0.4) is 0 Å². The van der Waals surface area contributed by atoms with E-state index in [9.17, 15) is 9.90 Å². The molecule has 0 fully saturated rings. The van der Waals surface area contributed by atoms with Crippen molar-refractivity contribution in [1.29, 1.82) is 0 Å². The molecule has 1 heterocycles. The fraction of sp³-hybridized carbons (Fsp3) is 0.240. The topological polar surface area (TPSA) is 67.8 Å². The van der Waals surface area contributed by atoms with Crippen LogP contribution in [0.15, 0.2) is 66.7 Å². The SMILES string of the molecule is COC(=O)C(=Cc1ccc(C)s1)c1ccc(OCC(O)CNCc2ccccc2)cc1. The average Bonchev–Trinajstić information content (AvgIpc) is 3.21. The molecule has 0 aliphatic rings. The highest BCUT2D eigenvalue weighted by atomic mass is 32.1. The lowest BCUT2D eigenvalue weighted by molar-refractivity contribution is -0.133. The van der Waals surface area contributed by atoms with Crippen LogP contribution in [0, 0.1) is 6.92 Å². The van der Waals surface area contributed by atoms with Gasteiger partial charge in [0.25, 0.3) is 0 Å². The third-order valence-electron chi connectivity index (χ3n) is 4.61. The first-order chi connectivity index (χ1) is 15.0. The van der Waals surface area contributed by atoms with Gasteiger partial charge >= 0.3 is 5.97 Å². The molecule has 0 saturated carbocycles. The van der Waals surface area contributed by atoms with Gasteiger partial charge in [-0.15, -0.1) is 11.3 Å². The van der Waals surface area contributed by atoms with Crippen LogP contribution in [0.1, 0.15) is 20.9 Å². The number of nitrogens with one attached hydrogen (secondary N) is 1. The number of hydrogen-bond donors (Lipinski definition) is 2. The van der Waals surface area contributed by atoms with E-state index < -0.39 is 6.10 Å². The van der Waals surface area contributed by atoms with Crippen LogP contribution in [0.2, 0.25) is 0 Å². The van der Waals surface area contributed by atoms with Crippen LogP contribution >= 0.6 is 11.3 Å². The molecule has 0 amide bonds. The lowest BCUT2D eigenvalue weighted by atomic mass is 10.1. The summed E-state index contributed by atoms with van der Waals surface area (Å²) >= 11 is 1.62. The molecule has 0 bridgehead atoms. The van der Waals surface area contributed by atoms with Crippen molar-refractivity contribution in [2.75, 3.05) is 20.3 Å². The fourth-order valence-corrected chi connectivity index (χ4v) is 3.83. The summed E-state index contributed by atoms with van der Waals surface area (Å²) in [6.45, 7) is 3.33. The van der Waals surface area contributed by atoms with Gasteiger partial charge in [0.2, 0.25) is 0 Å². The van der Waals surface area contributed by atoms with Gasteiger partial charge in [-0.3, -0.25) is 0 Å². The first-order valence-electron chi connectivity index (χ1n) is 10.1. The number of hydrogen-bond acceptors (Lipinski definition) is 6. The van der Waals surface area contributed by atoms with E-state index >= 15 is 0 Å². The largest absolute Gasteiger partial charge is 0.491 e. The number of benzene rings is 2. The van der Waals surface area contributed by atoms with Crippen LogP contribution in [0.5, 0.6) is 5.75 Å². The number of aliphatic hydroxyl groups excluding tert-OH is 1. The molecule has 0 radical (unpaired) electrons. The summed E-state index contributed by atoms with van der Waals surface area (Å²) in [5, 5.41) is 13.4. The van der Waals surface area contributed by atoms with Gasteiger partial charge in [-0.25, -0.2) is 4.79 Å². The lowest BCUT2D eigenvalue weighted by Gasteiger charge is -2.14. The van der Waals surface area contributed by atoms with Crippen LogP contribution in [0.4, 0.5) is 0 Å². The second-order valence-electron chi connectivity index (χ2n) is 7.10. The van der Waals surface area contributed by atoms with E-state index in [1.165, 1.54) is 17.6 Å². The number of carbonyl (C=O) groups excluding carboxylic acids is 1. The summed E-state index contributed by atoms with van der Waals surface area (Å²) in [5.41, 5.74) is 2.40. The number of ether oxygens (including phenoxy) is 2. The average molecular weight is 438 g/mol. The summed E-state index contributed by atoms with van der Waals surface area (Å²) in [6, 6.07) is 21.2. The lowest BCUT2D eigenvalue weighted by Crippen LogP contribution is -2.31. The molecule has 3 rings (SSSR count). The summed E-state index contributed by atoms with van der Waals surface area (Å²) in [6.07, 6.45) is 1.21. The molecule has 0 aliphatic carbocycles. The summed E-state index contributed by atoms with van der Waals surface area (Å²) in [5.74, 6) is 0.238. The van der Waals surface area contributed by atoms with E-state index in [1.807, 2.05) is 67.6 Å². The molecule has 0 saturated heterocycles. The predicted molar refractivity (Wildman–Crippen MR) is 125 cm³/mol. The van der Waals surface area contributed by atoms with Gasteiger partial charge in [0.15, 0.2) is 0 Å². The molecule has 3 aromatic rings. The molecule has 5 nitrogen and oxygen atoms in total. The minimum atomic E-state index is -0.629. The fourth-order valence-electron chi connectivity index (χ4n) is 3.00. The Labute approximate surface area is 187 Å². The molecular formula is C25H27NO4S. The van der Waals surface area contributed by atoms with Gasteiger partial charge in [0.1, 0.15) is 18.5 Å². The Balaban J connectivity index is 1.54. The van der Waals surface area contributed by atoms with Crippen molar-refractivity contribution in [3.05, 3.63) is 87.6 Å².